The Bertz CT molecular complexity index is 882. The minimum Gasteiger partial charge on any atom is -0.399 e. The standard InChI is InChI=1S/C20H17N/c1-2-19(21)16-10-5-9-15-17-11-4-7-13-6-3-8-14(20(13)17)12-18(15)16/h2-11H,12,21H2,1H3/b19-2+. The highest BCUT2D eigenvalue weighted by atomic mass is 14.6. The van der Waals surface area contributed by atoms with Crippen molar-refractivity contribution in [2.75, 3.05) is 0 Å². The molecular weight excluding hydrogens is 254 g/mol. The van der Waals surface area contributed by atoms with E-state index >= 15 is 0 Å². The van der Waals surface area contributed by atoms with Gasteiger partial charge in [0.05, 0.1) is 0 Å². The van der Waals surface area contributed by atoms with Crippen LogP contribution in [0.1, 0.15) is 23.6 Å². The Kier molecular flexibility index (Phi) is 2.61. The molecule has 0 spiro atoms. The van der Waals surface area contributed by atoms with Gasteiger partial charge in [-0.1, -0.05) is 60.7 Å². The van der Waals surface area contributed by atoms with Gasteiger partial charge in [0.25, 0.3) is 0 Å². The third-order valence-corrected chi connectivity index (χ3v) is 4.45. The van der Waals surface area contributed by atoms with Crippen LogP contribution in [0.2, 0.25) is 0 Å². The number of benzene rings is 3. The van der Waals surface area contributed by atoms with Crippen LogP contribution in [0.15, 0.2) is 60.7 Å². The summed E-state index contributed by atoms with van der Waals surface area (Å²) in [6.07, 6.45) is 2.94. The molecule has 0 saturated carbocycles. The molecular formula is C20H17N. The molecule has 0 aliphatic heterocycles. The summed E-state index contributed by atoms with van der Waals surface area (Å²) in [7, 11) is 0. The van der Waals surface area contributed by atoms with Gasteiger partial charge in [-0.15, -0.1) is 0 Å². The Morgan fingerprint density at radius 2 is 1.67 bits per heavy atom. The van der Waals surface area contributed by atoms with Gasteiger partial charge < -0.3 is 5.73 Å². The maximum atomic E-state index is 6.20. The number of hydrogen-bond donors (Lipinski definition) is 1. The molecule has 0 atom stereocenters. The van der Waals surface area contributed by atoms with Crippen LogP contribution in [-0.4, -0.2) is 0 Å². The van der Waals surface area contributed by atoms with Crippen molar-refractivity contribution in [1.82, 2.24) is 0 Å². The molecule has 0 radical (unpaired) electrons. The van der Waals surface area contributed by atoms with Crippen molar-refractivity contribution in [2.45, 2.75) is 13.3 Å². The van der Waals surface area contributed by atoms with Crippen LogP contribution in [0.25, 0.3) is 27.6 Å². The van der Waals surface area contributed by atoms with Crippen LogP contribution in [0.4, 0.5) is 0 Å². The summed E-state index contributed by atoms with van der Waals surface area (Å²) in [5, 5.41) is 2.71. The topological polar surface area (TPSA) is 26.0 Å². The molecule has 3 aromatic carbocycles. The molecule has 4 rings (SSSR count). The highest BCUT2D eigenvalue weighted by Crippen LogP contribution is 2.41. The average Bonchev–Trinajstić information content (AvgIpc) is 2.54. The Balaban J connectivity index is 2.11. The van der Waals surface area contributed by atoms with Gasteiger partial charge in [-0.3, -0.25) is 0 Å². The summed E-state index contributed by atoms with van der Waals surface area (Å²) >= 11 is 0. The van der Waals surface area contributed by atoms with Gasteiger partial charge in [0.1, 0.15) is 0 Å². The zero-order chi connectivity index (χ0) is 14.4. The third kappa shape index (κ3) is 1.71. The van der Waals surface area contributed by atoms with E-state index in [2.05, 4.69) is 54.6 Å². The van der Waals surface area contributed by atoms with Crippen LogP contribution in [0.3, 0.4) is 0 Å². The van der Waals surface area contributed by atoms with Crippen LogP contribution >= 0.6 is 0 Å². The van der Waals surface area contributed by atoms with Gasteiger partial charge in [0, 0.05) is 11.3 Å². The first-order chi connectivity index (χ1) is 10.3. The first-order valence-electron chi connectivity index (χ1n) is 7.34. The van der Waals surface area contributed by atoms with Crippen molar-refractivity contribution >= 4 is 16.5 Å². The summed E-state index contributed by atoms with van der Waals surface area (Å²) in [6.45, 7) is 1.99. The maximum Gasteiger partial charge on any atom is 0.0347 e. The van der Waals surface area contributed by atoms with Crippen LogP contribution in [0, 0.1) is 0 Å². The van der Waals surface area contributed by atoms with Crippen molar-refractivity contribution in [1.29, 1.82) is 0 Å². The highest BCUT2D eigenvalue weighted by molar-refractivity contribution is 6.02. The summed E-state index contributed by atoms with van der Waals surface area (Å²) < 4.78 is 0. The van der Waals surface area contributed by atoms with E-state index in [1.807, 2.05) is 13.0 Å². The molecule has 1 nitrogen and oxygen atoms in total. The van der Waals surface area contributed by atoms with Crippen molar-refractivity contribution < 1.29 is 0 Å². The average molecular weight is 271 g/mol. The normalized spacial score (nSPS) is 13.3. The SMILES string of the molecule is C/C=C(/N)c1cccc2c1Cc1cccc3cccc-2c13. The molecule has 0 bridgehead atoms. The van der Waals surface area contributed by atoms with E-state index in [0.717, 1.165) is 12.1 Å². The monoisotopic (exact) mass is 271 g/mol. The molecule has 1 aliphatic carbocycles. The van der Waals surface area contributed by atoms with Gasteiger partial charge in [-0.25, -0.2) is 0 Å². The van der Waals surface area contributed by atoms with Gasteiger partial charge in [0.2, 0.25) is 0 Å². The summed E-state index contributed by atoms with van der Waals surface area (Å²) in [5.41, 5.74) is 13.6. The van der Waals surface area contributed by atoms with E-state index in [1.54, 1.807) is 0 Å². The molecule has 21 heavy (non-hydrogen) atoms. The molecule has 0 aromatic heterocycles. The number of fused-ring (bicyclic) bond motifs is 2. The second-order valence-electron chi connectivity index (χ2n) is 5.57. The Hall–Kier alpha value is -2.54. The van der Waals surface area contributed by atoms with E-state index in [1.165, 1.54) is 38.6 Å². The van der Waals surface area contributed by atoms with E-state index < -0.39 is 0 Å². The Labute approximate surface area is 124 Å². The summed E-state index contributed by atoms with van der Waals surface area (Å²) in [4.78, 5) is 0. The summed E-state index contributed by atoms with van der Waals surface area (Å²) in [5.74, 6) is 0. The first kappa shape index (κ1) is 12.2. The van der Waals surface area contributed by atoms with Crippen molar-refractivity contribution in [3.05, 3.63) is 77.4 Å². The van der Waals surface area contributed by atoms with Gasteiger partial charge in [-0.05, 0) is 46.4 Å². The fourth-order valence-corrected chi connectivity index (χ4v) is 3.44. The molecule has 2 N–H and O–H groups in total. The molecule has 102 valence electrons. The fraction of sp³-hybridized carbons (Fsp3) is 0.100. The fourth-order valence-electron chi connectivity index (χ4n) is 3.44. The van der Waals surface area contributed by atoms with Crippen LogP contribution in [0.5, 0.6) is 0 Å². The zero-order valence-electron chi connectivity index (χ0n) is 12.1. The largest absolute Gasteiger partial charge is 0.399 e. The molecule has 3 aromatic rings. The molecule has 0 fully saturated rings. The Morgan fingerprint density at radius 3 is 2.48 bits per heavy atom. The van der Waals surface area contributed by atoms with Gasteiger partial charge in [0.15, 0.2) is 0 Å². The van der Waals surface area contributed by atoms with Crippen LogP contribution < -0.4 is 5.73 Å². The minimum atomic E-state index is 0.860. The zero-order valence-corrected chi connectivity index (χ0v) is 12.1. The quantitative estimate of drug-likeness (QED) is 0.532. The van der Waals surface area contributed by atoms with Crippen molar-refractivity contribution in [3.63, 3.8) is 0 Å². The molecule has 1 aliphatic rings. The molecule has 1 heteroatoms. The number of allylic oxidation sites excluding steroid dienone is 1. The van der Waals surface area contributed by atoms with E-state index in [4.69, 9.17) is 5.73 Å². The maximum absolute atomic E-state index is 6.20. The number of rotatable bonds is 1. The third-order valence-electron chi connectivity index (χ3n) is 4.45. The van der Waals surface area contributed by atoms with Crippen molar-refractivity contribution in [2.24, 2.45) is 5.73 Å². The number of nitrogens with two attached hydrogens (primary N) is 1. The van der Waals surface area contributed by atoms with E-state index in [9.17, 15) is 0 Å². The molecule has 0 saturated heterocycles. The lowest BCUT2D eigenvalue weighted by atomic mass is 9.81. The lowest BCUT2D eigenvalue weighted by molar-refractivity contribution is 1.18. The molecule has 0 unspecified atom stereocenters. The second kappa shape index (κ2) is 4.49. The van der Waals surface area contributed by atoms with Crippen molar-refractivity contribution in [3.8, 4) is 11.1 Å². The van der Waals surface area contributed by atoms with Gasteiger partial charge >= 0.3 is 0 Å². The predicted octanol–water partition coefficient (Wildman–Crippen LogP) is 4.73. The predicted molar refractivity (Wildman–Crippen MR) is 90.0 cm³/mol. The molecule has 0 heterocycles. The van der Waals surface area contributed by atoms with Crippen LogP contribution in [-0.2, 0) is 6.42 Å². The highest BCUT2D eigenvalue weighted by Gasteiger charge is 2.20. The van der Waals surface area contributed by atoms with Gasteiger partial charge in [-0.2, -0.15) is 0 Å². The smallest absolute Gasteiger partial charge is 0.0347 e. The Morgan fingerprint density at radius 1 is 0.952 bits per heavy atom. The molecule has 0 amide bonds. The minimum absolute atomic E-state index is 0.860. The van der Waals surface area contributed by atoms with E-state index in [0.29, 0.717) is 0 Å². The lowest BCUT2D eigenvalue weighted by Crippen LogP contribution is -2.07. The number of hydrogen-bond acceptors (Lipinski definition) is 1. The lowest BCUT2D eigenvalue weighted by Gasteiger charge is -2.23. The van der Waals surface area contributed by atoms with E-state index in [-0.39, 0.29) is 0 Å². The second-order valence-corrected chi connectivity index (χ2v) is 5.57. The summed E-state index contributed by atoms with van der Waals surface area (Å²) in [6, 6.07) is 19.6. The first-order valence-corrected chi connectivity index (χ1v) is 7.34.